The monoisotopic (exact) mass is 433 g/mol. The molecule has 0 atom stereocenters. The van der Waals surface area contributed by atoms with Gasteiger partial charge in [-0.2, -0.15) is 0 Å². The molecule has 156 valence electrons. The number of carbonyl (C=O) groups excluding carboxylic acids is 3. The van der Waals surface area contributed by atoms with Crippen molar-refractivity contribution in [2.24, 2.45) is 0 Å². The molecule has 2 aromatic carbocycles. The molecule has 6 nitrogen and oxygen atoms in total. The molecular weight excluding hydrogens is 414 g/mol. The Morgan fingerprint density at radius 1 is 0.871 bits per heavy atom. The number of halogens is 1. The van der Waals surface area contributed by atoms with E-state index in [1.165, 1.54) is 6.08 Å². The number of imide groups is 2. The Balaban J connectivity index is 1.75. The number of amides is 4. The molecule has 1 N–H and O–H groups in total. The fraction of sp³-hybridized carbons (Fsp3) is 0.125. The van der Waals surface area contributed by atoms with Crippen molar-refractivity contribution in [3.05, 3.63) is 87.7 Å². The summed E-state index contributed by atoms with van der Waals surface area (Å²) in [6.45, 7) is 5.75. The fourth-order valence-corrected chi connectivity index (χ4v) is 3.79. The average molecular weight is 434 g/mol. The molecule has 0 saturated carbocycles. The van der Waals surface area contributed by atoms with Crippen molar-refractivity contribution >= 4 is 41.2 Å². The molecule has 0 radical (unpaired) electrons. The Morgan fingerprint density at radius 3 is 2.13 bits per heavy atom. The summed E-state index contributed by atoms with van der Waals surface area (Å²) in [7, 11) is 0. The van der Waals surface area contributed by atoms with Crippen LogP contribution in [0.5, 0.6) is 0 Å². The summed E-state index contributed by atoms with van der Waals surface area (Å²) in [6.07, 6.45) is 1.53. The first kappa shape index (κ1) is 20.6. The van der Waals surface area contributed by atoms with Crippen LogP contribution in [-0.4, -0.2) is 22.4 Å². The highest BCUT2D eigenvalue weighted by molar-refractivity contribution is 6.39. The summed E-state index contributed by atoms with van der Waals surface area (Å²) >= 11 is 6.00. The van der Waals surface area contributed by atoms with Gasteiger partial charge >= 0.3 is 6.03 Å². The number of anilines is 1. The first-order valence-electron chi connectivity index (χ1n) is 9.69. The van der Waals surface area contributed by atoms with Crippen LogP contribution in [0.3, 0.4) is 0 Å². The van der Waals surface area contributed by atoms with Gasteiger partial charge in [0.15, 0.2) is 0 Å². The van der Waals surface area contributed by atoms with Crippen LogP contribution in [0, 0.1) is 20.8 Å². The molecule has 7 heteroatoms. The van der Waals surface area contributed by atoms with Gasteiger partial charge in [0.1, 0.15) is 5.57 Å². The van der Waals surface area contributed by atoms with E-state index in [1.807, 2.05) is 43.5 Å². The van der Waals surface area contributed by atoms with Gasteiger partial charge in [0.2, 0.25) is 0 Å². The topological polar surface area (TPSA) is 71.4 Å². The van der Waals surface area contributed by atoms with Gasteiger partial charge < -0.3 is 4.57 Å². The molecule has 1 fully saturated rings. The lowest BCUT2D eigenvalue weighted by Gasteiger charge is -2.26. The summed E-state index contributed by atoms with van der Waals surface area (Å²) in [5, 5.41) is 2.90. The molecule has 0 unspecified atom stereocenters. The van der Waals surface area contributed by atoms with E-state index < -0.39 is 17.8 Å². The second-order valence-electron chi connectivity index (χ2n) is 7.43. The van der Waals surface area contributed by atoms with Crippen LogP contribution >= 0.6 is 11.6 Å². The first-order chi connectivity index (χ1) is 14.8. The maximum Gasteiger partial charge on any atom is 0.335 e. The molecule has 31 heavy (non-hydrogen) atoms. The van der Waals surface area contributed by atoms with Gasteiger partial charge in [0.25, 0.3) is 11.8 Å². The molecule has 3 aromatic rings. The van der Waals surface area contributed by atoms with Crippen LogP contribution < -0.4 is 10.2 Å². The number of benzene rings is 2. The zero-order chi connectivity index (χ0) is 22.3. The Kier molecular flexibility index (Phi) is 5.25. The third-order valence-electron chi connectivity index (χ3n) is 5.25. The number of barbiturate groups is 1. The van der Waals surface area contributed by atoms with E-state index in [2.05, 4.69) is 5.32 Å². The summed E-state index contributed by atoms with van der Waals surface area (Å²) in [5.74, 6) is -1.37. The predicted molar refractivity (Wildman–Crippen MR) is 120 cm³/mol. The van der Waals surface area contributed by atoms with Crippen LogP contribution in [0.4, 0.5) is 10.5 Å². The van der Waals surface area contributed by atoms with Crippen molar-refractivity contribution in [2.75, 3.05) is 4.90 Å². The van der Waals surface area contributed by atoms with Gasteiger partial charge in [-0.1, -0.05) is 29.3 Å². The molecule has 2 heterocycles. The number of rotatable bonds is 3. The normalized spacial score (nSPS) is 15.5. The summed E-state index contributed by atoms with van der Waals surface area (Å²) < 4.78 is 2.01. The van der Waals surface area contributed by atoms with Crippen molar-refractivity contribution < 1.29 is 14.4 Å². The minimum Gasteiger partial charge on any atom is -0.318 e. The fourth-order valence-electron chi connectivity index (χ4n) is 3.66. The maximum absolute atomic E-state index is 13.1. The van der Waals surface area contributed by atoms with E-state index in [-0.39, 0.29) is 5.57 Å². The highest BCUT2D eigenvalue weighted by Gasteiger charge is 2.37. The first-order valence-corrected chi connectivity index (χ1v) is 10.1. The largest absolute Gasteiger partial charge is 0.335 e. The average Bonchev–Trinajstić information content (AvgIpc) is 3.00. The zero-order valence-corrected chi connectivity index (χ0v) is 18.0. The van der Waals surface area contributed by atoms with Crippen molar-refractivity contribution in [3.8, 4) is 5.69 Å². The smallest absolute Gasteiger partial charge is 0.318 e. The lowest BCUT2D eigenvalue weighted by molar-refractivity contribution is -0.122. The number of carbonyl (C=O) groups is 3. The third kappa shape index (κ3) is 3.78. The third-order valence-corrected chi connectivity index (χ3v) is 5.50. The van der Waals surface area contributed by atoms with Gasteiger partial charge in [0.05, 0.1) is 5.69 Å². The van der Waals surface area contributed by atoms with Gasteiger partial charge in [0, 0.05) is 22.1 Å². The van der Waals surface area contributed by atoms with Crippen LogP contribution in [0.25, 0.3) is 11.8 Å². The van der Waals surface area contributed by atoms with Crippen molar-refractivity contribution in [3.63, 3.8) is 0 Å². The highest BCUT2D eigenvalue weighted by atomic mass is 35.5. The number of urea groups is 1. The summed E-state index contributed by atoms with van der Waals surface area (Å²) in [6, 6.07) is 15.5. The second kappa shape index (κ2) is 7.89. The van der Waals surface area contributed by atoms with E-state index in [1.54, 1.807) is 36.4 Å². The molecule has 1 aliphatic rings. The number of aryl methyl sites for hydroxylation is 2. The van der Waals surface area contributed by atoms with Crippen molar-refractivity contribution in [1.29, 1.82) is 0 Å². The van der Waals surface area contributed by atoms with Gasteiger partial charge in [-0.25, -0.2) is 9.69 Å². The minimum atomic E-state index is -0.761. The molecule has 1 aliphatic heterocycles. The molecule has 4 amide bonds. The minimum absolute atomic E-state index is 0.100. The Bertz CT molecular complexity index is 1240. The van der Waals surface area contributed by atoms with E-state index in [0.29, 0.717) is 16.3 Å². The Hall–Kier alpha value is -3.64. The highest BCUT2D eigenvalue weighted by Crippen LogP contribution is 2.26. The van der Waals surface area contributed by atoms with Crippen LogP contribution in [-0.2, 0) is 9.59 Å². The number of hydrogen-bond donors (Lipinski definition) is 1. The standard InChI is InChI=1S/C24H20ClN3O3/c1-14-4-8-20(9-5-14)28-23(30)21(22(29)26-24(28)31)13-17-12-15(2)27(16(17)3)19-10-6-18(25)7-11-19/h4-13H,1-3H3,(H,26,29,31). The number of nitrogens with one attached hydrogen (secondary N) is 1. The van der Waals surface area contributed by atoms with Crippen LogP contribution in [0.1, 0.15) is 22.5 Å². The van der Waals surface area contributed by atoms with Crippen molar-refractivity contribution in [2.45, 2.75) is 20.8 Å². The predicted octanol–water partition coefficient (Wildman–Crippen LogP) is 4.72. The van der Waals surface area contributed by atoms with E-state index in [4.69, 9.17) is 11.6 Å². The zero-order valence-electron chi connectivity index (χ0n) is 17.3. The number of nitrogens with zero attached hydrogens (tertiary/aromatic N) is 2. The van der Waals surface area contributed by atoms with Gasteiger partial charge in [-0.15, -0.1) is 0 Å². The quantitative estimate of drug-likeness (QED) is 0.479. The van der Waals surface area contributed by atoms with E-state index >= 15 is 0 Å². The Labute approximate surface area is 184 Å². The molecule has 0 aliphatic carbocycles. The SMILES string of the molecule is Cc1ccc(N2C(=O)NC(=O)C(=Cc3cc(C)n(-c4ccc(Cl)cc4)c3C)C2=O)cc1. The molecule has 1 saturated heterocycles. The lowest BCUT2D eigenvalue weighted by Crippen LogP contribution is -2.54. The molecular formula is C24H20ClN3O3. The lowest BCUT2D eigenvalue weighted by atomic mass is 10.1. The summed E-state index contributed by atoms with van der Waals surface area (Å²) in [4.78, 5) is 38.9. The molecule has 4 rings (SSSR count). The maximum atomic E-state index is 13.1. The second-order valence-corrected chi connectivity index (χ2v) is 7.87. The van der Waals surface area contributed by atoms with Gasteiger partial charge in [-0.05, 0) is 74.9 Å². The van der Waals surface area contributed by atoms with Gasteiger partial charge in [-0.3, -0.25) is 14.9 Å². The van der Waals surface area contributed by atoms with Crippen LogP contribution in [0.15, 0.2) is 60.2 Å². The van der Waals surface area contributed by atoms with E-state index in [0.717, 1.165) is 27.5 Å². The Morgan fingerprint density at radius 2 is 1.48 bits per heavy atom. The summed E-state index contributed by atoms with van der Waals surface area (Å²) in [5.41, 5.74) is 4.71. The van der Waals surface area contributed by atoms with Crippen LogP contribution in [0.2, 0.25) is 5.02 Å². The number of aromatic nitrogens is 1. The number of hydrogen-bond acceptors (Lipinski definition) is 3. The molecule has 0 spiro atoms. The molecule has 1 aromatic heterocycles. The van der Waals surface area contributed by atoms with E-state index in [9.17, 15) is 14.4 Å². The molecule has 0 bridgehead atoms. The van der Waals surface area contributed by atoms with Crippen molar-refractivity contribution in [1.82, 2.24) is 9.88 Å².